The second kappa shape index (κ2) is 4.66. The number of aryl methyl sites for hydroxylation is 1. The number of terminal acetylenes is 1. The number of hydrogen-bond donors (Lipinski definition) is 2. The van der Waals surface area contributed by atoms with Gasteiger partial charge in [0.1, 0.15) is 10.6 Å². The van der Waals surface area contributed by atoms with E-state index in [1.165, 1.54) is 6.92 Å². The topological polar surface area (TPSA) is 83.0 Å². The maximum Gasteiger partial charge on any atom is 0.346 e. The van der Waals surface area contributed by atoms with Crippen LogP contribution in [0.5, 0.6) is 0 Å². The Kier molecular flexibility index (Phi) is 3.52. The molecule has 5 nitrogen and oxygen atoms in total. The van der Waals surface area contributed by atoms with Crippen molar-refractivity contribution in [1.82, 2.24) is 9.97 Å². The summed E-state index contributed by atoms with van der Waals surface area (Å²) in [5.41, 5.74) is -0.297. The molecule has 0 saturated carbocycles. The minimum absolute atomic E-state index is 0.00477. The van der Waals surface area contributed by atoms with Crippen LogP contribution in [-0.4, -0.2) is 26.8 Å². The van der Waals surface area contributed by atoms with E-state index in [1.807, 2.05) is 0 Å². The van der Waals surface area contributed by atoms with Gasteiger partial charge in [-0.1, -0.05) is 17.7 Å². The van der Waals surface area contributed by atoms with Crippen molar-refractivity contribution < 1.29 is 9.90 Å². The van der Waals surface area contributed by atoms with Gasteiger partial charge in [-0.25, -0.2) is 9.59 Å². The van der Waals surface area contributed by atoms with Crippen LogP contribution in [-0.2, 0) is 0 Å². The van der Waals surface area contributed by atoms with E-state index in [0.717, 1.165) is 11.8 Å². The van der Waals surface area contributed by atoms with E-state index in [9.17, 15) is 9.59 Å². The highest BCUT2D eigenvalue weighted by molar-refractivity contribution is 7.99. The molecule has 0 radical (unpaired) electrons. The van der Waals surface area contributed by atoms with Gasteiger partial charge in [-0.15, -0.1) is 6.42 Å². The van der Waals surface area contributed by atoms with Gasteiger partial charge in [0, 0.05) is 5.69 Å². The summed E-state index contributed by atoms with van der Waals surface area (Å²) in [6, 6.07) is 0. The van der Waals surface area contributed by atoms with Gasteiger partial charge in [0.2, 0.25) is 0 Å². The lowest BCUT2D eigenvalue weighted by atomic mass is 10.2. The number of aromatic carboxylic acids is 1. The highest BCUT2D eigenvalue weighted by Gasteiger charge is 2.16. The lowest BCUT2D eigenvalue weighted by Crippen LogP contribution is -2.18. The SMILES string of the molecule is C#CCSc1nc(=O)[nH]c(C)c1C(=O)O. The zero-order valence-corrected chi connectivity index (χ0v) is 8.72. The molecule has 1 aromatic rings. The Balaban J connectivity index is 3.28. The van der Waals surface area contributed by atoms with Crippen molar-refractivity contribution in [3.63, 3.8) is 0 Å². The molecule has 1 aromatic heterocycles. The number of nitrogens with one attached hydrogen (secondary N) is 1. The van der Waals surface area contributed by atoms with Crippen molar-refractivity contribution >= 4 is 17.7 Å². The van der Waals surface area contributed by atoms with Crippen LogP contribution in [0.3, 0.4) is 0 Å². The molecule has 0 unspecified atom stereocenters. The second-order valence-corrected chi connectivity index (χ2v) is 3.61. The first kappa shape index (κ1) is 11.3. The van der Waals surface area contributed by atoms with E-state index in [4.69, 9.17) is 11.5 Å². The number of aromatic nitrogens is 2. The summed E-state index contributed by atoms with van der Waals surface area (Å²) in [4.78, 5) is 27.8. The first-order chi connectivity index (χ1) is 7.06. The van der Waals surface area contributed by atoms with E-state index in [-0.39, 0.29) is 22.0 Å². The monoisotopic (exact) mass is 224 g/mol. The molecular formula is C9H8N2O3S. The Morgan fingerprint density at radius 2 is 2.40 bits per heavy atom. The van der Waals surface area contributed by atoms with E-state index < -0.39 is 11.7 Å². The fourth-order valence-electron chi connectivity index (χ4n) is 1.03. The summed E-state index contributed by atoms with van der Waals surface area (Å²) >= 11 is 1.06. The third-order valence-corrected chi connectivity index (χ3v) is 2.47. The smallest absolute Gasteiger partial charge is 0.346 e. The van der Waals surface area contributed by atoms with E-state index in [0.29, 0.717) is 0 Å². The molecule has 15 heavy (non-hydrogen) atoms. The van der Waals surface area contributed by atoms with Crippen molar-refractivity contribution in [3.05, 3.63) is 21.7 Å². The van der Waals surface area contributed by atoms with Gasteiger partial charge in [-0.05, 0) is 6.92 Å². The molecule has 0 aromatic carbocycles. The number of H-pyrrole nitrogens is 1. The third kappa shape index (κ3) is 2.60. The molecule has 1 heterocycles. The molecule has 0 aliphatic rings. The summed E-state index contributed by atoms with van der Waals surface area (Å²) in [6.07, 6.45) is 5.05. The van der Waals surface area contributed by atoms with Crippen molar-refractivity contribution in [3.8, 4) is 12.3 Å². The molecule has 6 heteroatoms. The molecule has 0 spiro atoms. The third-order valence-electron chi connectivity index (χ3n) is 1.59. The summed E-state index contributed by atoms with van der Waals surface area (Å²) in [5.74, 6) is 1.48. The number of carbonyl (C=O) groups is 1. The molecule has 2 N–H and O–H groups in total. The highest BCUT2D eigenvalue weighted by Crippen LogP contribution is 2.19. The molecular weight excluding hydrogens is 216 g/mol. The van der Waals surface area contributed by atoms with E-state index in [1.54, 1.807) is 0 Å². The van der Waals surface area contributed by atoms with Crippen molar-refractivity contribution in [2.45, 2.75) is 11.9 Å². The Hall–Kier alpha value is -1.74. The Morgan fingerprint density at radius 3 is 2.93 bits per heavy atom. The predicted octanol–water partition coefficient (Wildman–Crippen LogP) is 0.502. The molecule has 78 valence electrons. The lowest BCUT2D eigenvalue weighted by molar-refractivity contribution is 0.0690. The van der Waals surface area contributed by atoms with Crippen LogP contribution < -0.4 is 5.69 Å². The van der Waals surface area contributed by atoms with Crippen LogP contribution in [0.15, 0.2) is 9.82 Å². The standard InChI is InChI=1S/C9H8N2O3S/c1-3-4-15-7-6(8(12)13)5(2)10-9(14)11-7/h1H,4H2,2H3,(H,12,13)(H,10,11,14). The van der Waals surface area contributed by atoms with Crippen LogP contribution in [0.1, 0.15) is 16.1 Å². The molecule has 0 saturated heterocycles. The van der Waals surface area contributed by atoms with Gasteiger partial charge in [0.15, 0.2) is 0 Å². The van der Waals surface area contributed by atoms with E-state index >= 15 is 0 Å². The van der Waals surface area contributed by atoms with Crippen molar-refractivity contribution in [2.75, 3.05) is 5.75 Å². The summed E-state index contributed by atoms with van der Waals surface area (Å²) in [6.45, 7) is 1.51. The quantitative estimate of drug-likeness (QED) is 0.444. The first-order valence-electron chi connectivity index (χ1n) is 3.96. The number of aromatic amines is 1. The average Bonchev–Trinajstić information content (AvgIpc) is 2.12. The lowest BCUT2D eigenvalue weighted by Gasteiger charge is -2.04. The zero-order chi connectivity index (χ0) is 11.4. The second-order valence-electron chi connectivity index (χ2n) is 2.65. The van der Waals surface area contributed by atoms with Gasteiger partial charge in [0.25, 0.3) is 0 Å². The molecule has 0 fully saturated rings. The Labute approximate surface area is 89.9 Å². The number of thioether (sulfide) groups is 1. The maximum absolute atomic E-state index is 11.0. The fraction of sp³-hybridized carbons (Fsp3) is 0.222. The zero-order valence-electron chi connectivity index (χ0n) is 7.90. The number of nitrogens with zero attached hydrogens (tertiary/aromatic N) is 1. The summed E-state index contributed by atoms with van der Waals surface area (Å²) < 4.78 is 0. The van der Waals surface area contributed by atoms with Crippen LogP contribution >= 0.6 is 11.8 Å². The van der Waals surface area contributed by atoms with Gasteiger partial charge < -0.3 is 10.1 Å². The van der Waals surface area contributed by atoms with Crippen LogP contribution in [0, 0.1) is 19.3 Å². The van der Waals surface area contributed by atoms with Crippen LogP contribution in [0.4, 0.5) is 0 Å². The number of rotatable bonds is 3. The summed E-state index contributed by atoms with van der Waals surface area (Å²) in [7, 11) is 0. The minimum atomic E-state index is -1.13. The van der Waals surface area contributed by atoms with Gasteiger partial charge in [-0.2, -0.15) is 4.98 Å². The Bertz CT molecular complexity index is 487. The number of carboxylic acid groups (broad SMARTS) is 1. The predicted molar refractivity (Wildman–Crippen MR) is 56.1 cm³/mol. The molecule has 0 atom stereocenters. The first-order valence-corrected chi connectivity index (χ1v) is 4.95. The van der Waals surface area contributed by atoms with Crippen molar-refractivity contribution in [1.29, 1.82) is 0 Å². The number of hydrogen-bond acceptors (Lipinski definition) is 4. The summed E-state index contributed by atoms with van der Waals surface area (Å²) in [5, 5.41) is 9.06. The minimum Gasteiger partial charge on any atom is -0.478 e. The Morgan fingerprint density at radius 1 is 1.73 bits per heavy atom. The maximum atomic E-state index is 11.0. The normalized spacial score (nSPS) is 9.60. The van der Waals surface area contributed by atoms with Gasteiger partial charge in [-0.3, -0.25) is 0 Å². The highest BCUT2D eigenvalue weighted by atomic mass is 32.2. The van der Waals surface area contributed by atoms with Gasteiger partial charge >= 0.3 is 11.7 Å². The fourth-order valence-corrected chi connectivity index (χ4v) is 1.78. The molecule has 1 rings (SSSR count). The molecule has 0 bridgehead atoms. The largest absolute Gasteiger partial charge is 0.478 e. The van der Waals surface area contributed by atoms with Gasteiger partial charge in [0.05, 0.1) is 5.75 Å². The average molecular weight is 224 g/mol. The van der Waals surface area contributed by atoms with Crippen LogP contribution in [0.2, 0.25) is 0 Å². The molecule has 0 aliphatic heterocycles. The van der Waals surface area contributed by atoms with Crippen LogP contribution in [0.25, 0.3) is 0 Å². The molecule has 0 amide bonds. The van der Waals surface area contributed by atoms with Crippen molar-refractivity contribution in [2.24, 2.45) is 0 Å². The number of carboxylic acids is 1. The molecule has 0 aliphatic carbocycles. The van der Waals surface area contributed by atoms with E-state index in [2.05, 4.69) is 15.9 Å².